The van der Waals surface area contributed by atoms with Crippen LogP contribution in [-0.4, -0.2) is 65.1 Å². The number of carbonyl (C=O) groups excluding carboxylic acids is 1. The van der Waals surface area contributed by atoms with Crippen LogP contribution in [0.2, 0.25) is 5.02 Å². The van der Waals surface area contributed by atoms with E-state index in [4.69, 9.17) is 16.7 Å². The predicted molar refractivity (Wildman–Crippen MR) is 108 cm³/mol. The maximum absolute atomic E-state index is 13.6. The molecule has 0 bridgehead atoms. The van der Waals surface area contributed by atoms with Gasteiger partial charge in [-0.2, -0.15) is 0 Å². The number of amides is 2. The molecule has 1 atom stereocenters. The summed E-state index contributed by atoms with van der Waals surface area (Å²) in [6.45, 7) is 1.30. The van der Waals surface area contributed by atoms with Gasteiger partial charge in [-0.15, -0.1) is 0 Å². The van der Waals surface area contributed by atoms with Gasteiger partial charge in [-0.25, -0.2) is 14.0 Å². The number of halogens is 2. The van der Waals surface area contributed by atoms with E-state index in [2.05, 4.69) is 9.88 Å². The van der Waals surface area contributed by atoms with Gasteiger partial charge in [-0.3, -0.25) is 9.88 Å². The van der Waals surface area contributed by atoms with E-state index in [1.54, 1.807) is 11.0 Å². The highest BCUT2D eigenvalue weighted by Crippen LogP contribution is 2.26. The van der Waals surface area contributed by atoms with Crippen LogP contribution in [0.4, 0.5) is 14.9 Å². The first-order valence-electron chi connectivity index (χ1n) is 9.12. The van der Waals surface area contributed by atoms with Gasteiger partial charge in [-0.05, 0) is 50.8 Å². The molecule has 0 spiro atoms. The van der Waals surface area contributed by atoms with Crippen LogP contribution in [0.5, 0.6) is 0 Å². The quantitative estimate of drug-likeness (QED) is 0.802. The summed E-state index contributed by atoms with van der Waals surface area (Å²) in [6, 6.07) is 7.13. The molecule has 2 amide bonds. The number of rotatable bonds is 5. The van der Waals surface area contributed by atoms with Crippen LogP contribution < -0.4 is 4.90 Å². The molecule has 2 aromatic rings. The van der Waals surface area contributed by atoms with Crippen molar-refractivity contribution in [2.45, 2.75) is 19.0 Å². The molecule has 154 valence electrons. The number of hydrogen-bond donors (Lipinski definition) is 1. The minimum absolute atomic E-state index is 0.0600. The van der Waals surface area contributed by atoms with Gasteiger partial charge in [0.2, 0.25) is 0 Å². The molecule has 7 nitrogen and oxygen atoms in total. The molecule has 1 saturated heterocycles. The Bertz CT molecular complexity index is 907. The van der Waals surface area contributed by atoms with Crippen LogP contribution in [-0.2, 0) is 6.54 Å². The Morgan fingerprint density at radius 3 is 2.62 bits per heavy atom. The molecule has 2 heterocycles. The number of anilines is 1. The number of nitrogens with zero attached hydrogens (tertiary/aromatic N) is 4. The molecule has 0 radical (unpaired) electrons. The Kier molecular flexibility index (Phi) is 6.34. The molecule has 9 heteroatoms. The van der Waals surface area contributed by atoms with Crippen molar-refractivity contribution in [2.75, 3.05) is 32.1 Å². The fourth-order valence-electron chi connectivity index (χ4n) is 3.24. The van der Waals surface area contributed by atoms with Crippen molar-refractivity contribution < 1.29 is 19.1 Å². The average molecular weight is 421 g/mol. The summed E-state index contributed by atoms with van der Waals surface area (Å²) in [5, 5.41) is 8.95. The lowest BCUT2D eigenvalue weighted by Gasteiger charge is -2.29. The fraction of sp³-hybridized carbons (Fsp3) is 0.350. The number of pyridine rings is 1. The number of carboxylic acids is 1. The molecule has 1 aliphatic heterocycles. The van der Waals surface area contributed by atoms with Crippen molar-refractivity contribution in [3.63, 3.8) is 0 Å². The molecule has 1 aromatic carbocycles. The van der Waals surface area contributed by atoms with E-state index in [0.29, 0.717) is 24.5 Å². The van der Waals surface area contributed by atoms with Gasteiger partial charge in [0, 0.05) is 31.0 Å². The third-order valence-electron chi connectivity index (χ3n) is 5.00. The van der Waals surface area contributed by atoms with Crippen molar-refractivity contribution in [3.05, 3.63) is 58.6 Å². The predicted octanol–water partition coefficient (Wildman–Crippen LogP) is 3.33. The zero-order valence-electron chi connectivity index (χ0n) is 16.2. The number of carboxylic acid groups (broad SMARTS) is 1. The summed E-state index contributed by atoms with van der Waals surface area (Å²) in [7, 11) is 3.95. The van der Waals surface area contributed by atoms with Gasteiger partial charge in [0.15, 0.2) is 0 Å². The van der Waals surface area contributed by atoms with E-state index in [0.717, 1.165) is 6.42 Å². The number of likely N-dealkylation sites (N-methyl/N-ethyl adjacent to an activating group) is 1. The third kappa shape index (κ3) is 4.83. The molecule has 1 aromatic heterocycles. The standard InChI is InChI=1S/C20H22ClFN4O3/c1-24(2)16-7-8-25(12-16)20(29)26(15-5-6-18(22)17(21)9-15)11-14-4-3-13(10-23-14)19(27)28/h3-6,9-10,16H,7-8,11-12H2,1-2H3,(H,27,28)/t16-/m0/s1. The molecule has 0 saturated carbocycles. The zero-order chi connectivity index (χ0) is 21.1. The second kappa shape index (κ2) is 8.75. The van der Waals surface area contributed by atoms with Crippen LogP contribution in [0.3, 0.4) is 0 Å². The third-order valence-corrected chi connectivity index (χ3v) is 5.29. The first kappa shape index (κ1) is 21.0. The van der Waals surface area contributed by atoms with E-state index in [-0.39, 0.29) is 29.2 Å². The Hall–Kier alpha value is -2.71. The summed E-state index contributed by atoms with van der Waals surface area (Å²) in [4.78, 5) is 33.7. The first-order chi connectivity index (χ1) is 13.8. The van der Waals surface area contributed by atoms with Gasteiger partial charge in [0.05, 0.1) is 22.8 Å². The minimum atomic E-state index is -1.07. The van der Waals surface area contributed by atoms with E-state index in [9.17, 15) is 14.0 Å². The summed E-state index contributed by atoms with van der Waals surface area (Å²) in [5.74, 6) is -1.64. The number of aromatic carboxylic acids is 1. The second-order valence-corrected chi connectivity index (χ2v) is 7.57. The summed E-state index contributed by atoms with van der Waals surface area (Å²) in [5.41, 5.74) is 1.01. The normalized spacial score (nSPS) is 16.3. The van der Waals surface area contributed by atoms with Crippen molar-refractivity contribution in [3.8, 4) is 0 Å². The van der Waals surface area contributed by atoms with Crippen LogP contribution >= 0.6 is 11.6 Å². The summed E-state index contributed by atoms with van der Waals surface area (Å²) >= 11 is 5.93. The molecular weight excluding hydrogens is 399 g/mol. The lowest BCUT2D eigenvalue weighted by atomic mass is 10.2. The highest BCUT2D eigenvalue weighted by Gasteiger charge is 2.31. The van der Waals surface area contributed by atoms with Gasteiger partial charge in [-0.1, -0.05) is 11.6 Å². The lowest BCUT2D eigenvalue weighted by molar-refractivity contribution is 0.0696. The van der Waals surface area contributed by atoms with Crippen LogP contribution in [0.15, 0.2) is 36.5 Å². The molecule has 3 rings (SSSR count). The molecule has 0 unspecified atom stereocenters. The summed E-state index contributed by atoms with van der Waals surface area (Å²) in [6.07, 6.45) is 2.11. The zero-order valence-corrected chi connectivity index (χ0v) is 16.9. The summed E-state index contributed by atoms with van der Waals surface area (Å²) < 4.78 is 13.6. The smallest absolute Gasteiger partial charge is 0.337 e. The maximum Gasteiger partial charge on any atom is 0.337 e. The van der Waals surface area contributed by atoms with E-state index in [1.807, 2.05) is 14.1 Å². The Labute approximate surface area is 173 Å². The van der Waals surface area contributed by atoms with Crippen molar-refractivity contribution in [2.24, 2.45) is 0 Å². The van der Waals surface area contributed by atoms with E-state index >= 15 is 0 Å². The maximum atomic E-state index is 13.6. The SMILES string of the molecule is CN(C)[C@H]1CCN(C(=O)N(Cc2ccc(C(=O)O)cn2)c2ccc(F)c(Cl)c2)C1. The molecule has 1 fully saturated rings. The molecule has 1 aliphatic rings. The van der Waals surface area contributed by atoms with Crippen LogP contribution in [0.1, 0.15) is 22.5 Å². The van der Waals surface area contributed by atoms with E-state index < -0.39 is 11.8 Å². The van der Waals surface area contributed by atoms with Crippen LogP contribution in [0.25, 0.3) is 0 Å². The molecule has 29 heavy (non-hydrogen) atoms. The topological polar surface area (TPSA) is 77.0 Å². The average Bonchev–Trinajstić information content (AvgIpc) is 3.19. The van der Waals surface area contributed by atoms with Gasteiger partial charge in [0.1, 0.15) is 5.82 Å². The van der Waals surface area contributed by atoms with Crippen molar-refractivity contribution in [1.29, 1.82) is 0 Å². The van der Waals surface area contributed by atoms with Gasteiger partial charge < -0.3 is 14.9 Å². The van der Waals surface area contributed by atoms with E-state index in [1.165, 1.54) is 35.4 Å². The van der Waals surface area contributed by atoms with Crippen molar-refractivity contribution in [1.82, 2.24) is 14.8 Å². The van der Waals surface area contributed by atoms with Crippen molar-refractivity contribution >= 4 is 29.3 Å². The first-order valence-corrected chi connectivity index (χ1v) is 9.50. The number of likely N-dealkylation sites (tertiary alicyclic amines) is 1. The molecule has 0 aliphatic carbocycles. The fourth-order valence-corrected chi connectivity index (χ4v) is 3.41. The molecule has 1 N–H and O–H groups in total. The highest BCUT2D eigenvalue weighted by atomic mass is 35.5. The highest BCUT2D eigenvalue weighted by molar-refractivity contribution is 6.31. The lowest BCUT2D eigenvalue weighted by Crippen LogP contribution is -2.43. The number of carbonyl (C=O) groups is 2. The van der Waals surface area contributed by atoms with Gasteiger partial charge >= 0.3 is 12.0 Å². The van der Waals surface area contributed by atoms with Crippen LogP contribution in [0, 0.1) is 5.82 Å². The number of benzene rings is 1. The minimum Gasteiger partial charge on any atom is -0.478 e. The number of urea groups is 1. The van der Waals surface area contributed by atoms with Gasteiger partial charge in [0.25, 0.3) is 0 Å². The number of hydrogen-bond acceptors (Lipinski definition) is 4. The monoisotopic (exact) mass is 420 g/mol. The largest absolute Gasteiger partial charge is 0.478 e. The Morgan fingerprint density at radius 1 is 1.31 bits per heavy atom. The second-order valence-electron chi connectivity index (χ2n) is 7.16. The number of aromatic nitrogens is 1. The molecular formula is C20H22ClFN4O3. The Balaban J connectivity index is 1.88. The Morgan fingerprint density at radius 2 is 2.07 bits per heavy atom.